The van der Waals surface area contributed by atoms with Gasteiger partial charge in [0.2, 0.25) is 24.1 Å². The van der Waals surface area contributed by atoms with Crippen molar-refractivity contribution in [3.05, 3.63) is 83.2 Å². The average molecular weight is 517 g/mol. The van der Waals surface area contributed by atoms with Crippen molar-refractivity contribution in [3.8, 4) is 17.2 Å². The molecule has 7 rings (SSSR count). The van der Waals surface area contributed by atoms with Crippen molar-refractivity contribution in [1.82, 2.24) is 4.90 Å². The van der Waals surface area contributed by atoms with Crippen molar-refractivity contribution in [2.24, 2.45) is 11.8 Å². The summed E-state index contributed by atoms with van der Waals surface area (Å²) < 4.78 is 25.2. The van der Waals surface area contributed by atoms with E-state index in [1.807, 2.05) is 0 Å². The molecule has 0 unspecified atom stereocenters. The molecule has 0 bridgehead atoms. The lowest BCUT2D eigenvalue weighted by molar-refractivity contribution is -0.733. The summed E-state index contributed by atoms with van der Waals surface area (Å²) in [5.41, 5.74) is 0.863. The Morgan fingerprint density at radius 2 is 1.74 bits per heavy atom. The summed E-state index contributed by atoms with van der Waals surface area (Å²) >= 11 is 0. The number of imide groups is 1. The fraction of sp³-hybridized carbons (Fsp3) is 0.250. The van der Waals surface area contributed by atoms with Gasteiger partial charge in [0, 0.05) is 12.0 Å². The Balaban J connectivity index is 1.30. The number of carbonyl (C=O) groups excluding carboxylic acids is 3. The zero-order valence-corrected chi connectivity index (χ0v) is 20.0. The molecule has 10 heteroatoms. The van der Waals surface area contributed by atoms with Crippen LogP contribution in [0.2, 0.25) is 0 Å². The number of hydrogen-bond acceptors (Lipinski definition) is 6. The average Bonchev–Trinajstić information content (AvgIpc) is 3.63. The number of phenols is 1. The number of phenolic OH excluding ortho intramolecular Hbond substituents is 1. The number of carbonyl (C=O) groups is 3. The molecule has 4 N–H and O–H groups in total. The largest absolute Gasteiger partial charge is 0.508 e. The highest BCUT2D eigenvalue weighted by Gasteiger charge is 2.74. The molecular weight excluding hydrogens is 493 g/mol. The summed E-state index contributed by atoms with van der Waals surface area (Å²) in [6.45, 7) is 0.119. The van der Waals surface area contributed by atoms with Crippen LogP contribution in [-0.4, -0.2) is 40.6 Å². The minimum absolute atomic E-state index is 0.0148. The number of benzene rings is 3. The normalized spacial score (nSPS) is 26.7. The number of hydrogen-bond donors (Lipinski definition) is 3. The van der Waals surface area contributed by atoms with Gasteiger partial charge >= 0.3 is 0 Å². The lowest BCUT2D eigenvalue weighted by Gasteiger charge is -2.26. The summed E-state index contributed by atoms with van der Waals surface area (Å²) in [5, 5.41) is 14.3. The maximum atomic E-state index is 14.4. The maximum absolute atomic E-state index is 14.4. The molecule has 0 aromatic heterocycles. The molecular formula is C28H23FN3O6+. The van der Waals surface area contributed by atoms with Crippen LogP contribution in [0.5, 0.6) is 17.2 Å². The quantitative estimate of drug-likeness (QED) is 0.451. The van der Waals surface area contributed by atoms with E-state index in [-0.39, 0.29) is 25.0 Å². The van der Waals surface area contributed by atoms with E-state index in [1.165, 1.54) is 23.1 Å². The van der Waals surface area contributed by atoms with Crippen LogP contribution in [0.25, 0.3) is 0 Å². The van der Waals surface area contributed by atoms with Crippen LogP contribution in [0.15, 0.2) is 60.7 Å². The maximum Gasteiger partial charge on any atom is 0.291 e. The SMILES string of the molecule is O=C1[C@@H]2[C@H](Cc3ccc(O)cc3)[NH2+][C@]3(C(=O)Nc4ccc(F)cc43)[C@H]2C(=O)N1Cc1ccc2c(c1)OCO2. The summed E-state index contributed by atoms with van der Waals surface area (Å²) in [6, 6.07) is 15.4. The van der Waals surface area contributed by atoms with E-state index in [0.29, 0.717) is 34.7 Å². The number of aromatic hydroxyl groups is 1. The first-order valence-corrected chi connectivity index (χ1v) is 12.3. The lowest BCUT2D eigenvalue weighted by Crippen LogP contribution is -2.99. The number of nitrogens with one attached hydrogen (secondary N) is 1. The smallest absolute Gasteiger partial charge is 0.291 e. The molecule has 4 atom stereocenters. The predicted octanol–water partition coefficient (Wildman–Crippen LogP) is 1.40. The topological polar surface area (TPSA) is 122 Å². The number of nitrogens with zero attached hydrogens (tertiary/aromatic N) is 1. The molecule has 192 valence electrons. The molecule has 4 heterocycles. The standard InChI is InChI=1S/C28H22FN3O6/c29-16-4-7-19-18(11-16)28(27(36)30-19)24-23(20(31-28)9-14-1-5-17(33)6-2-14)25(34)32(26(24)35)12-15-3-8-21-22(10-15)38-13-37-21/h1-8,10-11,20,23-24,31,33H,9,12-13H2,(H,30,36)/p+1/t20-,23+,24+,28-/m0/s1. The number of anilines is 1. The minimum atomic E-state index is -1.47. The molecule has 0 aliphatic carbocycles. The summed E-state index contributed by atoms with van der Waals surface area (Å²) in [7, 11) is 0. The Hall–Kier alpha value is -4.44. The Morgan fingerprint density at radius 3 is 2.55 bits per heavy atom. The van der Waals surface area contributed by atoms with E-state index in [4.69, 9.17) is 9.47 Å². The van der Waals surface area contributed by atoms with Crippen molar-refractivity contribution in [3.63, 3.8) is 0 Å². The monoisotopic (exact) mass is 516 g/mol. The number of fused-ring (bicyclic) bond motifs is 5. The number of ether oxygens (including phenoxy) is 2. The summed E-state index contributed by atoms with van der Waals surface area (Å²) in [5.74, 6) is -2.36. The van der Waals surface area contributed by atoms with E-state index < -0.39 is 41.0 Å². The molecule has 3 aromatic carbocycles. The van der Waals surface area contributed by atoms with Gasteiger partial charge in [-0.2, -0.15) is 0 Å². The Bertz CT molecular complexity index is 1530. The van der Waals surface area contributed by atoms with E-state index in [0.717, 1.165) is 5.56 Å². The zero-order chi connectivity index (χ0) is 26.2. The highest BCUT2D eigenvalue weighted by atomic mass is 19.1. The van der Waals surface area contributed by atoms with Gasteiger partial charge in [-0.25, -0.2) is 4.39 Å². The van der Waals surface area contributed by atoms with Gasteiger partial charge in [0.1, 0.15) is 29.4 Å². The van der Waals surface area contributed by atoms with Crippen molar-refractivity contribution in [2.75, 3.05) is 12.1 Å². The molecule has 3 amide bonds. The van der Waals surface area contributed by atoms with Crippen molar-refractivity contribution < 1.29 is 38.7 Å². The number of amides is 3. The van der Waals surface area contributed by atoms with Crippen molar-refractivity contribution in [1.29, 1.82) is 0 Å². The molecule has 38 heavy (non-hydrogen) atoms. The first-order chi connectivity index (χ1) is 18.3. The Morgan fingerprint density at radius 1 is 0.974 bits per heavy atom. The third kappa shape index (κ3) is 3.16. The van der Waals surface area contributed by atoms with Gasteiger partial charge in [-0.1, -0.05) is 18.2 Å². The van der Waals surface area contributed by atoms with Crippen LogP contribution in [0.1, 0.15) is 16.7 Å². The number of rotatable bonds is 4. The minimum Gasteiger partial charge on any atom is -0.508 e. The van der Waals surface area contributed by atoms with Gasteiger partial charge in [-0.15, -0.1) is 0 Å². The second kappa shape index (κ2) is 8.03. The number of likely N-dealkylation sites (tertiary alicyclic amines) is 1. The van der Waals surface area contributed by atoms with Crippen LogP contribution in [0.4, 0.5) is 10.1 Å². The molecule has 3 aromatic rings. The van der Waals surface area contributed by atoms with E-state index in [1.54, 1.807) is 47.8 Å². The highest BCUT2D eigenvalue weighted by molar-refractivity contribution is 6.13. The first-order valence-electron chi connectivity index (χ1n) is 12.3. The Kier molecular flexibility index (Phi) is 4.80. The van der Waals surface area contributed by atoms with Gasteiger partial charge in [-0.3, -0.25) is 19.3 Å². The lowest BCUT2D eigenvalue weighted by atomic mass is 9.76. The number of halogens is 1. The molecule has 0 saturated carbocycles. The van der Waals surface area contributed by atoms with E-state index in [9.17, 15) is 23.9 Å². The van der Waals surface area contributed by atoms with E-state index >= 15 is 0 Å². The van der Waals surface area contributed by atoms with Crippen LogP contribution < -0.4 is 20.1 Å². The Labute approximate surface area is 216 Å². The molecule has 0 radical (unpaired) electrons. The summed E-state index contributed by atoms with van der Waals surface area (Å²) in [4.78, 5) is 42.7. The first kappa shape index (κ1) is 22.7. The van der Waals surface area contributed by atoms with Crippen molar-refractivity contribution in [2.45, 2.75) is 24.5 Å². The second-order valence-corrected chi connectivity index (χ2v) is 10.2. The van der Waals surface area contributed by atoms with Crippen LogP contribution in [0.3, 0.4) is 0 Å². The van der Waals surface area contributed by atoms with Gasteiger partial charge in [0.25, 0.3) is 5.91 Å². The zero-order valence-electron chi connectivity index (χ0n) is 20.0. The molecule has 4 aliphatic rings. The highest BCUT2D eigenvalue weighted by Crippen LogP contribution is 2.50. The van der Waals surface area contributed by atoms with Gasteiger partial charge in [0.15, 0.2) is 11.5 Å². The second-order valence-electron chi connectivity index (χ2n) is 10.2. The van der Waals surface area contributed by atoms with Crippen LogP contribution in [0, 0.1) is 17.7 Å². The molecule has 4 aliphatic heterocycles. The summed E-state index contributed by atoms with van der Waals surface area (Å²) in [6.07, 6.45) is 0.373. The molecule has 1 spiro atoms. The molecule has 2 saturated heterocycles. The third-order valence-electron chi connectivity index (χ3n) is 8.11. The number of quaternary nitrogens is 1. The van der Waals surface area contributed by atoms with Crippen molar-refractivity contribution >= 4 is 23.4 Å². The fourth-order valence-corrected chi connectivity index (χ4v) is 6.46. The van der Waals surface area contributed by atoms with Crippen LogP contribution >= 0.6 is 0 Å². The van der Waals surface area contributed by atoms with Gasteiger partial charge in [-0.05, 0) is 53.6 Å². The fourth-order valence-electron chi connectivity index (χ4n) is 6.46. The predicted molar refractivity (Wildman–Crippen MR) is 129 cm³/mol. The molecule has 9 nitrogen and oxygen atoms in total. The number of nitrogens with two attached hydrogens (primary N) is 1. The van der Waals surface area contributed by atoms with Gasteiger partial charge < -0.3 is 25.2 Å². The van der Waals surface area contributed by atoms with Crippen LogP contribution in [-0.2, 0) is 32.9 Å². The third-order valence-corrected chi connectivity index (χ3v) is 8.11. The molecule has 2 fully saturated rings. The van der Waals surface area contributed by atoms with Gasteiger partial charge in [0.05, 0.1) is 12.2 Å². The van der Waals surface area contributed by atoms with E-state index in [2.05, 4.69) is 5.32 Å².